The fraction of sp³-hybridized carbons (Fsp3) is 0.500. The van der Waals surface area contributed by atoms with Gasteiger partial charge in [-0.15, -0.1) is 11.6 Å². The molecular formula is C14H19ClN4O. The summed E-state index contributed by atoms with van der Waals surface area (Å²) in [5.41, 5.74) is 7.41. The summed E-state index contributed by atoms with van der Waals surface area (Å²) >= 11 is 6.25. The summed E-state index contributed by atoms with van der Waals surface area (Å²) in [6.07, 6.45) is 1.93. The number of fused-ring (bicyclic) bond motifs is 1. The van der Waals surface area contributed by atoms with E-state index in [-0.39, 0.29) is 17.7 Å². The van der Waals surface area contributed by atoms with Gasteiger partial charge in [0.05, 0.1) is 10.9 Å². The number of hydrogen-bond donors (Lipinski definition) is 1. The number of halogens is 1. The van der Waals surface area contributed by atoms with Crippen LogP contribution in [0.1, 0.15) is 44.0 Å². The minimum absolute atomic E-state index is 0.199. The Morgan fingerprint density at radius 3 is 2.75 bits per heavy atom. The van der Waals surface area contributed by atoms with Crippen LogP contribution in [0.5, 0.6) is 0 Å². The van der Waals surface area contributed by atoms with Crippen molar-refractivity contribution in [2.24, 2.45) is 5.73 Å². The number of rotatable bonds is 4. The number of nitrogens with zero attached hydrogens (tertiary/aromatic N) is 3. The van der Waals surface area contributed by atoms with Crippen LogP contribution < -0.4 is 5.73 Å². The number of carbonyl (C=O) groups is 1. The first kappa shape index (κ1) is 14.8. The normalized spacial score (nSPS) is 13.7. The second-order valence-electron chi connectivity index (χ2n) is 5.68. The van der Waals surface area contributed by atoms with Crippen molar-refractivity contribution in [2.45, 2.75) is 45.0 Å². The van der Waals surface area contributed by atoms with Crippen LogP contribution in [0.25, 0.3) is 11.2 Å². The SMILES string of the molecule is Cc1ccnc2c1nc(C(C)Cl)n2C(C)(C)CC(N)=O. The summed E-state index contributed by atoms with van der Waals surface area (Å²) in [6, 6.07) is 1.91. The van der Waals surface area contributed by atoms with E-state index in [0.717, 1.165) is 16.7 Å². The highest BCUT2D eigenvalue weighted by atomic mass is 35.5. The average molecular weight is 295 g/mol. The zero-order valence-electron chi connectivity index (χ0n) is 12.1. The molecule has 0 saturated heterocycles. The van der Waals surface area contributed by atoms with Crippen molar-refractivity contribution >= 4 is 28.7 Å². The molecule has 6 heteroatoms. The molecule has 1 unspecified atom stereocenters. The second kappa shape index (κ2) is 5.05. The van der Waals surface area contributed by atoms with Gasteiger partial charge >= 0.3 is 0 Å². The molecule has 108 valence electrons. The van der Waals surface area contributed by atoms with E-state index in [4.69, 9.17) is 17.3 Å². The Morgan fingerprint density at radius 2 is 2.20 bits per heavy atom. The van der Waals surface area contributed by atoms with Crippen LogP contribution in [0.2, 0.25) is 0 Å². The lowest BCUT2D eigenvalue weighted by atomic mass is 9.99. The maximum absolute atomic E-state index is 11.3. The summed E-state index contributed by atoms with van der Waals surface area (Å²) in [5, 5.41) is -0.282. The zero-order chi connectivity index (χ0) is 15.1. The first-order valence-corrected chi connectivity index (χ1v) is 6.94. The van der Waals surface area contributed by atoms with Crippen LogP contribution in [0.15, 0.2) is 12.3 Å². The topological polar surface area (TPSA) is 73.8 Å². The minimum Gasteiger partial charge on any atom is -0.370 e. The van der Waals surface area contributed by atoms with Gasteiger partial charge in [0.1, 0.15) is 11.3 Å². The molecule has 0 bridgehead atoms. The van der Waals surface area contributed by atoms with Crippen molar-refractivity contribution in [3.63, 3.8) is 0 Å². The molecule has 5 nitrogen and oxygen atoms in total. The first-order chi connectivity index (χ1) is 9.24. The third-order valence-corrected chi connectivity index (χ3v) is 3.54. The maximum atomic E-state index is 11.3. The van der Waals surface area contributed by atoms with Crippen LogP contribution in [-0.4, -0.2) is 20.4 Å². The van der Waals surface area contributed by atoms with Gasteiger partial charge in [0.25, 0.3) is 0 Å². The lowest BCUT2D eigenvalue weighted by Crippen LogP contribution is -2.33. The molecule has 0 aliphatic carbocycles. The molecule has 1 amide bonds. The van der Waals surface area contributed by atoms with Gasteiger partial charge in [-0.2, -0.15) is 0 Å². The Bertz CT molecular complexity index is 660. The van der Waals surface area contributed by atoms with E-state index in [1.807, 2.05) is 38.3 Å². The molecular weight excluding hydrogens is 276 g/mol. The minimum atomic E-state index is -0.528. The number of pyridine rings is 1. The van der Waals surface area contributed by atoms with E-state index in [1.54, 1.807) is 6.20 Å². The molecule has 0 aromatic carbocycles. The third-order valence-electron chi connectivity index (χ3n) is 3.34. The molecule has 0 fully saturated rings. The summed E-state index contributed by atoms with van der Waals surface area (Å²) < 4.78 is 1.93. The highest BCUT2D eigenvalue weighted by Gasteiger charge is 2.30. The lowest BCUT2D eigenvalue weighted by molar-refractivity contribution is -0.119. The molecule has 0 saturated carbocycles. The second-order valence-corrected chi connectivity index (χ2v) is 6.33. The molecule has 0 aliphatic rings. The molecule has 2 N–H and O–H groups in total. The Morgan fingerprint density at radius 1 is 1.55 bits per heavy atom. The Labute approximate surface area is 123 Å². The molecule has 2 aromatic rings. The van der Waals surface area contributed by atoms with Crippen LogP contribution in [0, 0.1) is 6.92 Å². The van der Waals surface area contributed by atoms with Crippen molar-refractivity contribution in [1.82, 2.24) is 14.5 Å². The van der Waals surface area contributed by atoms with Crippen molar-refractivity contribution < 1.29 is 4.79 Å². The number of nitrogens with two attached hydrogens (primary N) is 1. The number of carbonyl (C=O) groups excluding carboxylic acids is 1. The summed E-state index contributed by atoms with van der Waals surface area (Å²) in [5.74, 6) is 0.340. The molecule has 0 radical (unpaired) electrons. The van der Waals surface area contributed by atoms with Crippen molar-refractivity contribution in [3.8, 4) is 0 Å². The predicted octanol–water partition coefficient (Wildman–Crippen LogP) is 2.65. The van der Waals surface area contributed by atoms with E-state index >= 15 is 0 Å². The van der Waals surface area contributed by atoms with Gasteiger partial charge in [-0.1, -0.05) is 0 Å². The van der Waals surface area contributed by atoms with E-state index in [1.165, 1.54) is 0 Å². The molecule has 0 spiro atoms. The largest absolute Gasteiger partial charge is 0.370 e. The molecule has 2 rings (SSSR count). The number of hydrogen-bond acceptors (Lipinski definition) is 3. The quantitative estimate of drug-likeness (QED) is 0.881. The number of aryl methyl sites for hydroxylation is 1. The molecule has 1 atom stereocenters. The Balaban J connectivity index is 2.75. The van der Waals surface area contributed by atoms with Gasteiger partial charge in [0, 0.05) is 12.6 Å². The van der Waals surface area contributed by atoms with Crippen LogP contribution in [0.3, 0.4) is 0 Å². The van der Waals surface area contributed by atoms with Gasteiger partial charge in [-0.25, -0.2) is 9.97 Å². The van der Waals surface area contributed by atoms with E-state index < -0.39 is 5.54 Å². The number of alkyl halides is 1. The summed E-state index contributed by atoms with van der Waals surface area (Å²) in [4.78, 5) is 20.3. The molecule has 2 aromatic heterocycles. The standard InChI is InChI=1S/C14H19ClN4O/c1-8-5-6-17-13-11(8)18-12(9(2)15)19(13)14(3,4)7-10(16)20/h5-6,9H,7H2,1-4H3,(H2,16,20). The van der Waals surface area contributed by atoms with Crippen LogP contribution >= 0.6 is 11.6 Å². The average Bonchev–Trinajstić information content (AvgIpc) is 2.68. The van der Waals surface area contributed by atoms with E-state index in [0.29, 0.717) is 5.82 Å². The van der Waals surface area contributed by atoms with E-state index in [9.17, 15) is 4.79 Å². The Kier molecular flexibility index (Phi) is 3.73. The van der Waals surface area contributed by atoms with Gasteiger partial charge in [-0.3, -0.25) is 4.79 Å². The van der Waals surface area contributed by atoms with Gasteiger partial charge in [0.2, 0.25) is 5.91 Å². The number of amides is 1. The fourth-order valence-electron chi connectivity index (χ4n) is 2.48. The number of imidazole rings is 1. The summed E-state index contributed by atoms with van der Waals surface area (Å²) in [7, 11) is 0. The number of primary amides is 1. The fourth-order valence-corrected chi connectivity index (χ4v) is 2.63. The maximum Gasteiger partial charge on any atom is 0.219 e. The van der Waals surface area contributed by atoms with Crippen molar-refractivity contribution in [2.75, 3.05) is 0 Å². The zero-order valence-corrected chi connectivity index (χ0v) is 12.9. The highest BCUT2D eigenvalue weighted by Crippen LogP contribution is 2.32. The van der Waals surface area contributed by atoms with Crippen molar-refractivity contribution in [1.29, 1.82) is 0 Å². The monoisotopic (exact) mass is 294 g/mol. The third kappa shape index (κ3) is 2.50. The van der Waals surface area contributed by atoms with Gasteiger partial charge < -0.3 is 10.3 Å². The lowest BCUT2D eigenvalue weighted by Gasteiger charge is -2.28. The Hall–Kier alpha value is -1.62. The number of aromatic nitrogens is 3. The smallest absolute Gasteiger partial charge is 0.219 e. The molecule has 0 aliphatic heterocycles. The predicted molar refractivity (Wildman–Crippen MR) is 79.7 cm³/mol. The van der Waals surface area contributed by atoms with Crippen LogP contribution in [0.4, 0.5) is 0 Å². The van der Waals surface area contributed by atoms with Gasteiger partial charge in [0.15, 0.2) is 5.65 Å². The highest BCUT2D eigenvalue weighted by molar-refractivity contribution is 6.20. The van der Waals surface area contributed by atoms with Crippen LogP contribution in [-0.2, 0) is 10.3 Å². The molecule has 20 heavy (non-hydrogen) atoms. The first-order valence-electron chi connectivity index (χ1n) is 6.51. The van der Waals surface area contributed by atoms with Crippen molar-refractivity contribution in [3.05, 3.63) is 23.7 Å². The van der Waals surface area contributed by atoms with E-state index in [2.05, 4.69) is 9.97 Å². The summed E-state index contributed by atoms with van der Waals surface area (Å²) in [6.45, 7) is 7.71. The van der Waals surface area contributed by atoms with Gasteiger partial charge in [-0.05, 0) is 39.3 Å². The molecule has 2 heterocycles.